The van der Waals surface area contributed by atoms with E-state index in [9.17, 15) is 9.59 Å². The number of esters is 2. The molecule has 0 N–H and O–H groups in total. The molecule has 0 fully saturated rings. The third kappa shape index (κ3) is 10.6. The molecule has 0 radical (unpaired) electrons. The van der Waals surface area contributed by atoms with Gasteiger partial charge in [-0.2, -0.15) is 0 Å². The van der Waals surface area contributed by atoms with Gasteiger partial charge in [-0.15, -0.1) is 0 Å². The fourth-order valence-corrected chi connectivity index (χ4v) is 1.42. The molecular formula is C16H28O4. The first-order valence-corrected chi connectivity index (χ1v) is 7.52. The Bertz CT molecular complexity index is 308. The zero-order chi connectivity index (χ0) is 15.4. The van der Waals surface area contributed by atoms with Crippen molar-refractivity contribution in [1.29, 1.82) is 0 Å². The molecular weight excluding hydrogens is 256 g/mol. The average Bonchev–Trinajstić information content (AvgIpc) is 2.40. The van der Waals surface area contributed by atoms with Crippen molar-refractivity contribution < 1.29 is 19.1 Å². The summed E-state index contributed by atoms with van der Waals surface area (Å²) in [6.07, 6.45) is 7.60. The lowest BCUT2D eigenvalue weighted by Gasteiger charge is -2.14. The van der Waals surface area contributed by atoms with Gasteiger partial charge in [0, 0.05) is 12.2 Å². The molecule has 0 heterocycles. The molecule has 4 nitrogen and oxygen atoms in total. The van der Waals surface area contributed by atoms with Crippen LogP contribution in [-0.4, -0.2) is 24.6 Å². The Morgan fingerprint density at radius 1 is 0.950 bits per heavy atom. The van der Waals surface area contributed by atoms with Crippen LogP contribution in [0.4, 0.5) is 0 Å². The highest BCUT2D eigenvalue weighted by molar-refractivity contribution is 5.91. The summed E-state index contributed by atoms with van der Waals surface area (Å²) in [5.41, 5.74) is 0. The maximum atomic E-state index is 11.4. The van der Waals surface area contributed by atoms with Gasteiger partial charge < -0.3 is 9.47 Å². The van der Waals surface area contributed by atoms with Crippen molar-refractivity contribution in [2.24, 2.45) is 5.92 Å². The molecule has 0 bridgehead atoms. The first-order chi connectivity index (χ1) is 9.47. The Morgan fingerprint density at radius 2 is 1.55 bits per heavy atom. The first-order valence-electron chi connectivity index (χ1n) is 7.52. The van der Waals surface area contributed by atoms with E-state index in [0.29, 0.717) is 6.61 Å². The van der Waals surface area contributed by atoms with E-state index in [2.05, 4.69) is 6.92 Å². The van der Waals surface area contributed by atoms with Gasteiger partial charge in [0.05, 0.1) is 6.61 Å². The molecule has 0 aliphatic rings. The third-order valence-electron chi connectivity index (χ3n) is 3.09. The van der Waals surface area contributed by atoms with E-state index in [4.69, 9.17) is 9.47 Å². The van der Waals surface area contributed by atoms with Crippen molar-refractivity contribution in [1.82, 2.24) is 0 Å². The predicted molar refractivity (Wildman–Crippen MR) is 79.3 cm³/mol. The lowest BCUT2D eigenvalue weighted by atomic mass is 10.1. The van der Waals surface area contributed by atoms with Crippen molar-refractivity contribution in [2.75, 3.05) is 6.61 Å². The van der Waals surface area contributed by atoms with Crippen molar-refractivity contribution >= 4 is 11.9 Å². The van der Waals surface area contributed by atoms with E-state index < -0.39 is 11.9 Å². The quantitative estimate of drug-likeness (QED) is 0.349. The molecule has 0 aliphatic heterocycles. The van der Waals surface area contributed by atoms with E-state index in [-0.39, 0.29) is 12.0 Å². The van der Waals surface area contributed by atoms with Crippen LogP contribution in [0.1, 0.15) is 59.8 Å². The van der Waals surface area contributed by atoms with Crippen LogP contribution >= 0.6 is 0 Å². The smallest absolute Gasteiger partial charge is 0.331 e. The van der Waals surface area contributed by atoms with E-state index in [1.54, 1.807) is 0 Å². The molecule has 20 heavy (non-hydrogen) atoms. The molecule has 0 aliphatic carbocycles. The summed E-state index contributed by atoms with van der Waals surface area (Å²) in [7, 11) is 0. The van der Waals surface area contributed by atoms with Gasteiger partial charge >= 0.3 is 11.9 Å². The average molecular weight is 284 g/mol. The van der Waals surface area contributed by atoms with Crippen LogP contribution in [0.5, 0.6) is 0 Å². The molecule has 0 spiro atoms. The number of carbonyl (C=O) groups is 2. The fraction of sp³-hybridized carbons (Fsp3) is 0.750. The summed E-state index contributed by atoms with van der Waals surface area (Å²) in [5.74, 6) is -0.747. The van der Waals surface area contributed by atoms with Gasteiger partial charge in [-0.3, -0.25) is 0 Å². The van der Waals surface area contributed by atoms with Crippen molar-refractivity contribution in [2.45, 2.75) is 65.9 Å². The Morgan fingerprint density at radius 3 is 2.15 bits per heavy atom. The van der Waals surface area contributed by atoms with Crippen molar-refractivity contribution in [3.8, 4) is 0 Å². The number of ether oxygens (including phenoxy) is 2. The van der Waals surface area contributed by atoms with Gasteiger partial charge in [-0.1, -0.05) is 46.5 Å². The molecule has 0 rings (SSSR count). The minimum absolute atomic E-state index is 0.165. The molecule has 1 unspecified atom stereocenters. The number of carbonyl (C=O) groups excluding carboxylic acids is 2. The standard InChI is InChI=1S/C16H28O4/c1-5-6-7-8-9-12-19-15(17)10-11-16(18)20-14(4)13(2)3/h10-11,13-14H,5-9,12H2,1-4H3/b11-10+. The number of rotatable bonds is 10. The van der Waals surface area contributed by atoms with Gasteiger partial charge in [-0.05, 0) is 19.3 Å². The number of hydrogen-bond acceptors (Lipinski definition) is 4. The van der Waals surface area contributed by atoms with Crippen molar-refractivity contribution in [3.63, 3.8) is 0 Å². The minimum atomic E-state index is -0.508. The highest BCUT2D eigenvalue weighted by Gasteiger charge is 2.11. The van der Waals surface area contributed by atoms with Gasteiger partial charge in [0.2, 0.25) is 0 Å². The lowest BCUT2D eigenvalue weighted by Crippen LogP contribution is -2.19. The molecule has 116 valence electrons. The van der Waals surface area contributed by atoms with Crippen LogP contribution in [0.3, 0.4) is 0 Å². The predicted octanol–water partition coefficient (Wildman–Crippen LogP) is 3.64. The molecule has 4 heteroatoms. The third-order valence-corrected chi connectivity index (χ3v) is 3.09. The number of hydrogen-bond donors (Lipinski definition) is 0. The Labute approximate surface area is 122 Å². The molecule has 0 aromatic carbocycles. The van der Waals surface area contributed by atoms with E-state index >= 15 is 0 Å². The monoisotopic (exact) mass is 284 g/mol. The maximum Gasteiger partial charge on any atom is 0.331 e. The maximum absolute atomic E-state index is 11.4. The van der Waals surface area contributed by atoms with Crippen LogP contribution in [-0.2, 0) is 19.1 Å². The molecule has 0 saturated heterocycles. The van der Waals surface area contributed by atoms with Crippen LogP contribution < -0.4 is 0 Å². The Hall–Kier alpha value is -1.32. The highest BCUT2D eigenvalue weighted by Crippen LogP contribution is 2.06. The zero-order valence-electron chi connectivity index (χ0n) is 13.2. The summed E-state index contributed by atoms with van der Waals surface area (Å²) in [6.45, 7) is 8.32. The van der Waals surface area contributed by atoms with Crippen LogP contribution in [0.25, 0.3) is 0 Å². The Balaban J connectivity index is 3.74. The molecule has 0 amide bonds. The summed E-state index contributed by atoms with van der Waals surface area (Å²) >= 11 is 0. The zero-order valence-corrected chi connectivity index (χ0v) is 13.2. The normalized spacial score (nSPS) is 12.7. The summed E-state index contributed by atoms with van der Waals surface area (Å²) < 4.78 is 10.1. The minimum Gasteiger partial charge on any atom is -0.463 e. The second-order valence-corrected chi connectivity index (χ2v) is 5.30. The second-order valence-electron chi connectivity index (χ2n) is 5.30. The largest absolute Gasteiger partial charge is 0.463 e. The van der Waals surface area contributed by atoms with E-state index in [0.717, 1.165) is 25.0 Å². The number of unbranched alkanes of at least 4 members (excludes halogenated alkanes) is 4. The van der Waals surface area contributed by atoms with Gasteiger partial charge in [0.1, 0.15) is 6.10 Å². The van der Waals surface area contributed by atoms with Crippen LogP contribution in [0.2, 0.25) is 0 Å². The van der Waals surface area contributed by atoms with Crippen LogP contribution in [0.15, 0.2) is 12.2 Å². The molecule has 0 aromatic heterocycles. The topological polar surface area (TPSA) is 52.6 Å². The van der Waals surface area contributed by atoms with Crippen molar-refractivity contribution in [3.05, 3.63) is 12.2 Å². The van der Waals surface area contributed by atoms with Gasteiger partial charge in [-0.25, -0.2) is 9.59 Å². The van der Waals surface area contributed by atoms with Gasteiger partial charge in [0.15, 0.2) is 0 Å². The lowest BCUT2D eigenvalue weighted by molar-refractivity contribution is -0.145. The molecule has 1 atom stereocenters. The highest BCUT2D eigenvalue weighted by atomic mass is 16.5. The van der Waals surface area contributed by atoms with E-state index in [1.165, 1.54) is 19.3 Å². The van der Waals surface area contributed by atoms with Crippen LogP contribution in [0, 0.1) is 5.92 Å². The summed E-state index contributed by atoms with van der Waals surface area (Å²) in [5, 5.41) is 0. The summed E-state index contributed by atoms with van der Waals surface area (Å²) in [4.78, 5) is 22.7. The van der Waals surface area contributed by atoms with E-state index in [1.807, 2.05) is 20.8 Å². The molecule has 0 aromatic rings. The first kappa shape index (κ1) is 18.7. The molecule has 0 saturated carbocycles. The fourth-order valence-electron chi connectivity index (χ4n) is 1.42. The SMILES string of the molecule is CCCCCCCOC(=O)/C=C/C(=O)OC(C)C(C)C. The Kier molecular flexibility index (Phi) is 10.7. The van der Waals surface area contributed by atoms with Gasteiger partial charge in [0.25, 0.3) is 0 Å². The summed E-state index contributed by atoms with van der Waals surface area (Å²) in [6, 6.07) is 0. The second kappa shape index (κ2) is 11.5.